The number of rotatable bonds is 6. The molecule has 2 N–H and O–H groups in total. The summed E-state index contributed by atoms with van der Waals surface area (Å²) in [4.78, 5) is 39.6. The molecule has 0 spiro atoms. The van der Waals surface area contributed by atoms with Gasteiger partial charge in [-0.1, -0.05) is 29.8 Å². The Morgan fingerprint density at radius 3 is 2.80 bits per heavy atom. The molecule has 4 aromatic rings. The maximum absolute atomic E-state index is 12.2. The molecule has 0 unspecified atom stereocenters. The van der Waals surface area contributed by atoms with Crippen LogP contribution in [0.5, 0.6) is 0 Å². The standard InChI is InChI=1S/C23H20N2O5/c1-14-6-7-20-17(10-14)19(26)11-21(30-20)23(28)29-13-22(27)24-9-8-15-12-25-18-5-3-2-4-16(15)18/h2-7,10-12,25H,8-9,13H2,1H3,(H,24,27). The van der Waals surface area contributed by atoms with Crippen LogP contribution in [0.4, 0.5) is 0 Å². The van der Waals surface area contributed by atoms with E-state index >= 15 is 0 Å². The molecule has 0 aliphatic rings. The van der Waals surface area contributed by atoms with Crippen LogP contribution in [0.2, 0.25) is 0 Å². The van der Waals surface area contributed by atoms with Gasteiger partial charge in [-0.3, -0.25) is 9.59 Å². The van der Waals surface area contributed by atoms with E-state index in [0.717, 1.165) is 28.1 Å². The van der Waals surface area contributed by atoms with Crippen LogP contribution in [0, 0.1) is 6.92 Å². The van der Waals surface area contributed by atoms with Crippen molar-refractivity contribution in [2.24, 2.45) is 0 Å². The highest BCUT2D eigenvalue weighted by Gasteiger charge is 2.15. The number of fused-ring (bicyclic) bond motifs is 2. The van der Waals surface area contributed by atoms with Gasteiger partial charge in [0.05, 0.1) is 5.39 Å². The molecule has 7 nitrogen and oxygen atoms in total. The van der Waals surface area contributed by atoms with E-state index in [-0.39, 0.29) is 11.2 Å². The Bertz CT molecular complexity index is 1300. The zero-order chi connectivity index (χ0) is 21.1. The van der Waals surface area contributed by atoms with Crippen LogP contribution < -0.4 is 10.7 Å². The maximum Gasteiger partial charge on any atom is 0.374 e. The Morgan fingerprint density at radius 2 is 1.93 bits per heavy atom. The lowest BCUT2D eigenvalue weighted by atomic mass is 10.1. The fourth-order valence-electron chi connectivity index (χ4n) is 3.30. The summed E-state index contributed by atoms with van der Waals surface area (Å²) in [6, 6.07) is 14.1. The molecule has 0 aliphatic carbocycles. The van der Waals surface area contributed by atoms with Gasteiger partial charge < -0.3 is 19.5 Å². The van der Waals surface area contributed by atoms with Gasteiger partial charge in [0.25, 0.3) is 5.91 Å². The summed E-state index contributed by atoms with van der Waals surface area (Å²) in [5, 5.41) is 4.22. The first-order valence-electron chi connectivity index (χ1n) is 9.54. The lowest BCUT2D eigenvalue weighted by Gasteiger charge is -2.07. The van der Waals surface area contributed by atoms with Crippen molar-refractivity contribution in [3.05, 3.63) is 81.8 Å². The molecular formula is C23H20N2O5. The van der Waals surface area contributed by atoms with Gasteiger partial charge in [-0.05, 0) is 37.1 Å². The number of aromatic amines is 1. The minimum atomic E-state index is -0.860. The van der Waals surface area contributed by atoms with E-state index in [4.69, 9.17) is 9.15 Å². The third kappa shape index (κ3) is 4.10. The van der Waals surface area contributed by atoms with E-state index in [9.17, 15) is 14.4 Å². The monoisotopic (exact) mass is 404 g/mol. The van der Waals surface area contributed by atoms with Crippen molar-refractivity contribution >= 4 is 33.7 Å². The number of aromatic nitrogens is 1. The summed E-state index contributed by atoms with van der Waals surface area (Å²) in [6.07, 6.45) is 2.56. The number of nitrogens with one attached hydrogen (secondary N) is 2. The van der Waals surface area contributed by atoms with Crippen molar-refractivity contribution in [3.63, 3.8) is 0 Å². The molecule has 152 valence electrons. The molecule has 30 heavy (non-hydrogen) atoms. The van der Waals surface area contributed by atoms with Gasteiger partial charge in [0, 0.05) is 29.7 Å². The van der Waals surface area contributed by atoms with E-state index in [1.54, 1.807) is 18.2 Å². The first-order chi connectivity index (χ1) is 14.5. The average Bonchev–Trinajstić information content (AvgIpc) is 3.15. The molecule has 2 heterocycles. The van der Waals surface area contributed by atoms with E-state index < -0.39 is 18.5 Å². The molecule has 2 aromatic heterocycles. The topological polar surface area (TPSA) is 101 Å². The minimum absolute atomic E-state index is 0.233. The number of amides is 1. The van der Waals surface area contributed by atoms with Crippen molar-refractivity contribution in [2.45, 2.75) is 13.3 Å². The van der Waals surface area contributed by atoms with Gasteiger partial charge in [-0.15, -0.1) is 0 Å². The molecule has 0 radical (unpaired) electrons. The number of benzene rings is 2. The highest BCUT2D eigenvalue weighted by atomic mass is 16.5. The quantitative estimate of drug-likeness (QED) is 0.481. The minimum Gasteiger partial charge on any atom is -0.450 e. The summed E-state index contributed by atoms with van der Waals surface area (Å²) >= 11 is 0. The Morgan fingerprint density at radius 1 is 1.10 bits per heavy atom. The lowest BCUT2D eigenvalue weighted by Crippen LogP contribution is -2.30. The van der Waals surface area contributed by atoms with Crippen molar-refractivity contribution < 1.29 is 18.7 Å². The highest BCUT2D eigenvalue weighted by molar-refractivity contribution is 5.90. The smallest absolute Gasteiger partial charge is 0.374 e. The molecule has 7 heteroatoms. The van der Waals surface area contributed by atoms with Gasteiger partial charge in [-0.25, -0.2) is 4.79 Å². The van der Waals surface area contributed by atoms with Crippen LogP contribution >= 0.6 is 0 Å². The van der Waals surface area contributed by atoms with Gasteiger partial charge in [-0.2, -0.15) is 0 Å². The van der Waals surface area contributed by atoms with Crippen LogP contribution in [0.25, 0.3) is 21.9 Å². The number of hydrogen-bond donors (Lipinski definition) is 2. The predicted octanol–water partition coefficient (Wildman–Crippen LogP) is 3.10. The van der Waals surface area contributed by atoms with Gasteiger partial charge >= 0.3 is 5.97 Å². The molecule has 2 aromatic carbocycles. The fraction of sp³-hybridized carbons (Fsp3) is 0.174. The summed E-state index contributed by atoms with van der Waals surface area (Å²) in [5.41, 5.74) is 3.00. The number of aryl methyl sites for hydroxylation is 1. The second kappa shape index (κ2) is 8.24. The molecular weight excluding hydrogens is 384 g/mol. The van der Waals surface area contributed by atoms with Crippen molar-refractivity contribution in [1.29, 1.82) is 0 Å². The fourth-order valence-corrected chi connectivity index (χ4v) is 3.30. The average molecular weight is 404 g/mol. The molecule has 0 fully saturated rings. The highest BCUT2D eigenvalue weighted by Crippen LogP contribution is 2.18. The van der Waals surface area contributed by atoms with E-state index in [2.05, 4.69) is 10.3 Å². The van der Waals surface area contributed by atoms with E-state index in [1.165, 1.54) is 0 Å². The zero-order valence-electron chi connectivity index (χ0n) is 16.4. The number of esters is 1. The summed E-state index contributed by atoms with van der Waals surface area (Å²) in [6.45, 7) is 1.81. The lowest BCUT2D eigenvalue weighted by molar-refractivity contribution is -0.124. The van der Waals surface area contributed by atoms with E-state index in [0.29, 0.717) is 23.9 Å². The summed E-state index contributed by atoms with van der Waals surface area (Å²) < 4.78 is 10.4. The third-order valence-electron chi connectivity index (χ3n) is 4.81. The van der Waals surface area contributed by atoms with Crippen molar-refractivity contribution in [1.82, 2.24) is 10.3 Å². The molecule has 0 saturated carbocycles. The normalized spacial score (nSPS) is 11.0. The summed E-state index contributed by atoms with van der Waals surface area (Å²) in [5.74, 6) is -1.52. The van der Waals surface area contributed by atoms with Crippen LogP contribution in [-0.2, 0) is 16.0 Å². The first-order valence-corrected chi connectivity index (χ1v) is 9.54. The largest absolute Gasteiger partial charge is 0.450 e. The molecule has 0 bridgehead atoms. The Balaban J connectivity index is 1.31. The van der Waals surface area contributed by atoms with Crippen LogP contribution in [0.3, 0.4) is 0 Å². The van der Waals surface area contributed by atoms with E-state index in [1.807, 2.05) is 37.4 Å². The molecule has 4 rings (SSSR count). The SMILES string of the molecule is Cc1ccc2oc(C(=O)OCC(=O)NCCc3c[nH]c4ccccc34)cc(=O)c2c1. The Hall–Kier alpha value is -3.87. The zero-order valence-corrected chi connectivity index (χ0v) is 16.4. The second-order valence-electron chi connectivity index (χ2n) is 7.01. The van der Waals surface area contributed by atoms with Crippen LogP contribution in [0.1, 0.15) is 21.7 Å². The number of ether oxygens (including phenoxy) is 1. The first kappa shape index (κ1) is 19.4. The number of hydrogen-bond acceptors (Lipinski definition) is 5. The maximum atomic E-state index is 12.2. The van der Waals surface area contributed by atoms with Gasteiger partial charge in [0.1, 0.15) is 5.58 Å². The second-order valence-corrected chi connectivity index (χ2v) is 7.01. The molecule has 0 saturated heterocycles. The Kier molecular flexibility index (Phi) is 5.34. The molecule has 1 amide bonds. The molecule has 0 aliphatic heterocycles. The van der Waals surface area contributed by atoms with Gasteiger partial charge in [0.15, 0.2) is 12.0 Å². The number of para-hydroxylation sites is 1. The van der Waals surface area contributed by atoms with Crippen molar-refractivity contribution in [2.75, 3.05) is 13.2 Å². The number of carbonyl (C=O) groups excluding carboxylic acids is 2. The third-order valence-corrected chi connectivity index (χ3v) is 4.81. The predicted molar refractivity (Wildman–Crippen MR) is 113 cm³/mol. The number of carbonyl (C=O) groups is 2. The van der Waals surface area contributed by atoms with Gasteiger partial charge in [0.2, 0.25) is 5.76 Å². The Labute approximate surface area is 171 Å². The number of H-pyrrole nitrogens is 1. The van der Waals surface area contributed by atoms with Crippen LogP contribution in [0.15, 0.2) is 63.9 Å². The van der Waals surface area contributed by atoms with Crippen LogP contribution in [-0.4, -0.2) is 30.0 Å². The summed E-state index contributed by atoms with van der Waals surface area (Å²) in [7, 11) is 0. The molecule has 0 atom stereocenters. The van der Waals surface area contributed by atoms with Crippen molar-refractivity contribution in [3.8, 4) is 0 Å².